The van der Waals surface area contributed by atoms with Gasteiger partial charge in [-0.1, -0.05) is 18.2 Å². The number of nitrogens with zero attached hydrogens (tertiary/aromatic N) is 4. The first kappa shape index (κ1) is 22.5. The van der Waals surface area contributed by atoms with E-state index in [1.54, 1.807) is 26.0 Å². The standard InChI is InChI=1S/C25H32N4O3/c1-17-8-9-19-21(14-17)26-23(20-6-4-5-7-22(20)31)27-24(19)29-12-10-28(11-13-29)16-18(30)15-25(2,3)32/h4-9,14,18,30-32H,10-13,15-16H2,1-3H3/t18-/m1/s1. The van der Waals surface area contributed by atoms with Crippen LogP contribution in [-0.2, 0) is 0 Å². The van der Waals surface area contributed by atoms with Gasteiger partial charge in [-0.3, -0.25) is 4.90 Å². The molecule has 0 amide bonds. The van der Waals surface area contributed by atoms with Crippen LogP contribution in [0.1, 0.15) is 25.8 Å². The predicted octanol–water partition coefficient (Wildman–Crippen LogP) is 2.95. The third kappa shape index (κ3) is 5.18. The summed E-state index contributed by atoms with van der Waals surface area (Å²) in [5.41, 5.74) is 1.72. The van der Waals surface area contributed by atoms with Gasteiger partial charge in [0.15, 0.2) is 5.82 Å². The van der Waals surface area contributed by atoms with Crippen molar-refractivity contribution < 1.29 is 15.3 Å². The normalized spacial score (nSPS) is 16.5. The Labute approximate surface area is 189 Å². The maximum absolute atomic E-state index is 10.3. The molecule has 1 fully saturated rings. The monoisotopic (exact) mass is 436 g/mol. The molecule has 0 unspecified atom stereocenters. The molecule has 3 N–H and O–H groups in total. The summed E-state index contributed by atoms with van der Waals surface area (Å²) in [6, 6.07) is 13.3. The number of fused-ring (bicyclic) bond motifs is 1. The molecule has 1 aromatic heterocycles. The zero-order chi connectivity index (χ0) is 22.9. The number of aliphatic hydroxyl groups is 2. The lowest BCUT2D eigenvalue weighted by molar-refractivity contribution is 0.00481. The van der Waals surface area contributed by atoms with Gasteiger partial charge in [0.05, 0.1) is 22.8 Å². The van der Waals surface area contributed by atoms with Gasteiger partial charge in [-0.15, -0.1) is 0 Å². The van der Waals surface area contributed by atoms with E-state index in [2.05, 4.69) is 21.9 Å². The molecule has 1 atom stereocenters. The van der Waals surface area contributed by atoms with Gasteiger partial charge in [-0.25, -0.2) is 9.97 Å². The van der Waals surface area contributed by atoms with E-state index in [4.69, 9.17) is 9.97 Å². The predicted molar refractivity (Wildman–Crippen MR) is 127 cm³/mol. The minimum atomic E-state index is -0.876. The maximum Gasteiger partial charge on any atom is 0.165 e. The van der Waals surface area contributed by atoms with E-state index >= 15 is 0 Å². The van der Waals surface area contributed by atoms with Crippen molar-refractivity contribution in [1.82, 2.24) is 14.9 Å². The number of aliphatic hydroxyl groups excluding tert-OH is 1. The van der Waals surface area contributed by atoms with Crippen molar-refractivity contribution in [2.45, 2.75) is 38.9 Å². The van der Waals surface area contributed by atoms with Crippen LogP contribution in [0.2, 0.25) is 0 Å². The van der Waals surface area contributed by atoms with Gasteiger partial charge in [-0.05, 0) is 50.6 Å². The zero-order valence-electron chi connectivity index (χ0n) is 19.0. The smallest absolute Gasteiger partial charge is 0.165 e. The number of aromatic nitrogens is 2. The Morgan fingerprint density at radius 3 is 2.44 bits per heavy atom. The summed E-state index contributed by atoms with van der Waals surface area (Å²) >= 11 is 0. The molecule has 1 saturated heterocycles. The molecule has 2 heterocycles. The van der Waals surface area contributed by atoms with Gasteiger partial charge in [0.2, 0.25) is 0 Å². The molecular formula is C25H32N4O3. The van der Waals surface area contributed by atoms with Gasteiger partial charge < -0.3 is 20.2 Å². The van der Waals surface area contributed by atoms with Crippen molar-refractivity contribution in [2.24, 2.45) is 0 Å². The lowest BCUT2D eigenvalue weighted by Gasteiger charge is -2.37. The Bertz CT molecular complexity index is 1090. The lowest BCUT2D eigenvalue weighted by Crippen LogP contribution is -2.49. The third-order valence-corrected chi connectivity index (χ3v) is 5.85. The van der Waals surface area contributed by atoms with Gasteiger partial charge in [0, 0.05) is 44.5 Å². The van der Waals surface area contributed by atoms with Crippen LogP contribution in [0.25, 0.3) is 22.3 Å². The van der Waals surface area contributed by atoms with Crippen molar-refractivity contribution in [1.29, 1.82) is 0 Å². The van der Waals surface area contributed by atoms with E-state index < -0.39 is 11.7 Å². The summed E-state index contributed by atoms with van der Waals surface area (Å²) in [6.07, 6.45) is -0.204. The first-order valence-corrected chi connectivity index (χ1v) is 11.1. The van der Waals surface area contributed by atoms with Crippen LogP contribution < -0.4 is 4.90 Å². The Kier molecular flexibility index (Phi) is 6.33. The number of hydrogen-bond donors (Lipinski definition) is 3. The summed E-state index contributed by atoms with van der Waals surface area (Å²) in [7, 11) is 0. The summed E-state index contributed by atoms with van der Waals surface area (Å²) in [4.78, 5) is 14.1. The number of aryl methyl sites for hydroxylation is 1. The first-order valence-electron chi connectivity index (χ1n) is 11.1. The summed E-state index contributed by atoms with van der Waals surface area (Å²) < 4.78 is 0. The summed E-state index contributed by atoms with van der Waals surface area (Å²) in [5, 5.41) is 31.6. The number of benzene rings is 2. The Morgan fingerprint density at radius 1 is 1.03 bits per heavy atom. The highest BCUT2D eigenvalue weighted by atomic mass is 16.3. The molecule has 2 aromatic carbocycles. The van der Waals surface area contributed by atoms with Crippen LogP contribution >= 0.6 is 0 Å². The molecule has 170 valence electrons. The van der Waals surface area contributed by atoms with E-state index in [-0.39, 0.29) is 5.75 Å². The third-order valence-electron chi connectivity index (χ3n) is 5.85. The quantitative estimate of drug-likeness (QED) is 0.547. The van der Waals surface area contributed by atoms with Crippen LogP contribution in [0, 0.1) is 6.92 Å². The second-order valence-corrected chi connectivity index (χ2v) is 9.37. The minimum Gasteiger partial charge on any atom is -0.507 e. The molecule has 7 nitrogen and oxygen atoms in total. The van der Waals surface area contributed by atoms with E-state index in [0.717, 1.165) is 48.5 Å². The molecule has 0 bridgehead atoms. The molecule has 3 aromatic rings. The summed E-state index contributed by atoms with van der Waals surface area (Å²) in [6.45, 7) is 9.17. The van der Waals surface area contributed by atoms with Crippen LogP contribution in [-0.4, -0.2) is 74.6 Å². The van der Waals surface area contributed by atoms with Gasteiger partial charge in [-0.2, -0.15) is 0 Å². The molecule has 4 rings (SSSR count). The highest BCUT2D eigenvalue weighted by molar-refractivity contribution is 5.92. The van der Waals surface area contributed by atoms with Crippen molar-refractivity contribution in [3.63, 3.8) is 0 Å². The molecule has 7 heteroatoms. The van der Waals surface area contributed by atoms with Crippen LogP contribution in [0.3, 0.4) is 0 Å². The number of rotatable bonds is 6. The fourth-order valence-corrected chi connectivity index (χ4v) is 4.33. The molecule has 32 heavy (non-hydrogen) atoms. The Hall–Kier alpha value is -2.74. The second kappa shape index (κ2) is 9.02. The number of piperazine rings is 1. The first-order chi connectivity index (χ1) is 15.2. The topological polar surface area (TPSA) is 93.0 Å². The van der Waals surface area contributed by atoms with E-state index in [0.29, 0.717) is 24.4 Å². The SMILES string of the molecule is Cc1ccc2c(N3CCN(C[C@H](O)CC(C)(C)O)CC3)nc(-c3ccccc3O)nc2c1. The van der Waals surface area contributed by atoms with E-state index in [9.17, 15) is 15.3 Å². The molecule has 0 saturated carbocycles. The Balaban J connectivity index is 1.58. The number of para-hydroxylation sites is 1. The number of anilines is 1. The average molecular weight is 437 g/mol. The number of β-amino-alcohol motifs (C(OH)–C–C–N with tert-alkyl or cyclic N) is 1. The van der Waals surface area contributed by atoms with Gasteiger partial charge in [0.25, 0.3) is 0 Å². The average Bonchev–Trinajstić information content (AvgIpc) is 2.72. The number of phenolic OH excluding ortho intramolecular Hbond substituents is 1. The minimum absolute atomic E-state index is 0.163. The molecule has 0 aliphatic carbocycles. The largest absolute Gasteiger partial charge is 0.507 e. The van der Waals surface area contributed by atoms with Crippen molar-refractivity contribution in [3.8, 4) is 17.1 Å². The van der Waals surface area contributed by atoms with Crippen molar-refractivity contribution >= 4 is 16.7 Å². The lowest BCUT2D eigenvalue weighted by atomic mass is 10.0. The second-order valence-electron chi connectivity index (χ2n) is 9.37. The van der Waals surface area contributed by atoms with Crippen molar-refractivity contribution in [3.05, 3.63) is 48.0 Å². The summed E-state index contributed by atoms with van der Waals surface area (Å²) in [5.74, 6) is 1.54. The number of phenols is 1. The van der Waals surface area contributed by atoms with E-state index in [1.807, 2.05) is 25.1 Å². The molecule has 0 radical (unpaired) electrons. The van der Waals surface area contributed by atoms with Crippen LogP contribution in [0.15, 0.2) is 42.5 Å². The van der Waals surface area contributed by atoms with Gasteiger partial charge in [0.1, 0.15) is 11.6 Å². The Morgan fingerprint density at radius 2 is 1.75 bits per heavy atom. The fraction of sp³-hybridized carbons (Fsp3) is 0.440. The van der Waals surface area contributed by atoms with Crippen molar-refractivity contribution in [2.75, 3.05) is 37.6 Å². The van der Waals surface area contributed by atoms with E-state index in [1.165, 1.54) is 0 Å². The van der Waals surface area contributed by atoms with Gasteiger partial charge >= 0.3 is 0 Å². The maximum atomic E-state index is 10.3. The fourth-order valence-electron chi connectivity index (χ4n) is 4.33. The molecule has 1 aliphatic rings. The number of hydrogen-bond acceptors (Lipinski definition) is 7. The van der Waals surface area contributed by atoms with Crippen LogP contribution in [0.4, 0.5) is 5.82 Å². The highest BCUT2D eigenvalue weighted by Crippen LogP contribution is 2.32. The highest BCUT2D eigenvalue weighted by Gasteiger charge is 2.25. The zero-order valence-corrected chi connectivity index (χ0v) is 19.0. The molecular weight excluding hydrogens is 404 g/mol. The molecule has 0 spiro atoms. The van der Waals surface area contributed by atoms with Crippen LogP contribution in [0.5, 0.6) is 5.75 Å². The molecule has 1 aliphatic heterocycles. The number of aromatic hydroxyl groups is 1.